The number of hydrogen-bond donors (Lipinski definition) is 1. The predicted octanol–water partition coefficient (Wildman–Crippen LogP) is 0.380. The molecule has 0 aromatic carbocycles. The van der Waals surface area contributed by atoms with Gasteiger partial charge in [-0.15, -0.1) is 0 Å². The van der Waals surface area contributed by atoms with Crippen LogP contribution in [0.4, 0.5) is 4.79 Å². The molecule has 0 bridgehead atoms. The van der Waals surface area contributed by atoms with E-state index in [9.17, 15) is 9.59 Å². The zero-order valence-electron chi connectivity index (χ0n) is 6.87. The summed E-state index contributed by atoms with van der Waals surface area (Å²) in [5, 5.41) is 10.5. The summed E-state index contributed by atoms with van der Waals surface area (Å²) < 4.78 is 0. The summed E-state index contributed by atoms with van der Waals surface area (Å²) in [6.07, 6.45) is -1.12. The highest BCUT2D eigenvalue weighted by Crippen LogP contribution is 1.94. The van der Waals surface area contributed by atoms with Crippen LogP contribution in [0, 0.1) is 0 Å². The third kappa shape index (κ3) is 2.45. The van der Waals surface area contributed by atoms with Crippen molar-refractivity contribution in [3.8, 4) is 0 Å². The lowest BCUT2D eigenvalue weighted by Gasteiger charge is -2.26. The molecule has 0 spiro atoms. The summed E-state index contributed by atoms with van der Waals surface area (Å²) in [5.41, 5.74) is 0. The fourth-order valence-electron chi connectivity index (χ4n) is 0.646. The van der Waals surface area contributed by atoms with Gasteiger partial charge in [-0.1, -0.05) is 0 Å². The molecule has 5 heteroatoms. The van der Waals surface area contributed by atoms with E-state index < -0.39 is 6.09 Å². The van der Waals surface area contributed by atoms with Crippen molar-refractivity contribution in [1.29, 1.82) is 0 Å². The van der Waals surface area contributed by atoms with Gasteiger partial charge in [-0.05, 0) is 6.92 Å². The second-order valence-electron chi connectivity index (χ2n) is 2.04. The molecule has 0 aromatic heterocycles. The van der Waals surface area contributed by atoms with Gasteiger partial charge in [0.1, 0.15) is 0 Å². The first-order valence-corrected chi connectivity index (χ1v) is 3.25. The first-order chi connectivity index (χ1) is 5.00. The molecular weight excluding hydrogens is 148 g/mol. The largest absolute Gasteiger partial charge is 0.464 e. The topological polar surface area (TPSA) is 60.9 Å². The summed E-state index contributed by atoms with van der Waals surface area (Å²) in [6, 6.07) is 0. The molecule has 64 valence electrons. The Hall–Kier alpha value is -1.26. The van der Waals surface area contributed by atoms with E-state index in [2.05, 4.69) is 0 Å². The quantitative estimate of drug-likeness (QED) is 0.564. The smallest absolute Gasteiger partial charge is 0.426 e. The molecule has 0 radical (unpaired) electrons. The van der Waals surface area contributed by atoms with Crippen LogP contribution in [0.25, 0.3) is 0 Å². The highest BCUT2D eigenvalue weighted by molar-refractivity contribution is 5.76. The molecule has 0 saturated carbocycles. The summed E-state index contributed by atoms with van der Waals surface area (Å²) in [4.78, 5) is 21.1. The third-order valence-electron chi connectivity index (χ3n) is 1.34. The van der Waals surface area contributed by atoms with Gasteiger partial charge in [-0.2, -0.15) is 0 Å². The summed E-state index contributed by atoms with van der Waals surface area (Å²) in [7, 11) is 1.42. The minimum atomic E-state index is -1.12. The zero-order valence-corrected chi connectivity index (χ0v) is 6.87. The maximum absolute atomic E-state index is 10.7. The minimum Gasteiger partial charge on any atom is -0.464 e. The molecule has 0 aliphatic heterocycles. The Kier molecular flexibility index (Phi) is 3.36. The standard InChI is InChI=1S/C6H12N2O3/c1-4-8(6(10)11)7(3)5(2)9/h4H2,1-3H3,(H,10,11). The Balaban J connectivity index is 4.25. The van der Waals surface area contributed by atoms with Crippen LogP contribution in [0.15, 0.2) is 0 Å². The number of carbonyl (C=O) groups excluding carboxylic acids is 1. The lowest BCUT2D eigenvalue weighted by Crippen LogP contribution is -2.45. The van der Waals surface area contributed by atoms with Crippen LogP contribution in [0.3, 0.4) is 0 Å². The average molecular weight is 160 g/mol. The molecular formula is C6H12N2O3. The van der Waals surface area contributed by atoms with E-state index in [4.69, 9.17) is 5.11 Å². The van der Waals surface area contributed by atoms with E-state index in [1.165, 1.54) is 14.0 Å². The molecule has 0 aromatic rings. The van der Waals surface area contributed by atoms with E-state index in [0.717, 1.165) is 10.0 Å². The minimum absolute atomic E-state index is 0.269. The number of carboxylic acid groups (broad SMARTS) is 1. The summed E-state index contributed by atoms with van der Waals surface area (Å²) in [6.45, 7) is 3.24. The van der Waals surface area contributed by atoms with E-state index >= 15 is 0 Å². The van der Waals surface area contributed by atoms with Crippen LogP contribution in [-0.2, 0) is 4.79 Å². The molecule has 2 amide bonds. The number of hydrazine groups is 1. The number of carbonyl (C=O) groups is 2. The molecule has 0 aliphatic rings. The fourth-order valence-corrected chi connectivity index (χ4v) is 0.646. The normalized spacial score (nSPS) is 9.00. The molecule has 11 heavy (non-hydrogen) atoms. The highest BCUT2D eigenvalue weighted by Gasteiger charge is 2.16. The average Bonchev–Trinajstić information content (AvgIpc) is 1.88. The van der Waals surface area contributed by atoms with Gasteiger partial charge in [-0.25, -0.2) is 9.80 Å². The molecule has 0 atom stereocenters. The first-order valence-electron chi connectivity index (χ1n) is 3.25. The third-order valence-corrected chi connectivity index (χ3v) is 1.34. The van der Waals surface area contributed by atoms with Gasteiger partial charge < -0.3 is 5.11 Å². The molecule has 5 nitrogen and oxygen atoms in total. The van der Waals surface area contributed by atoms with Gasteiger partial charge in [-0.3, -0.25) is 9.80 Å². The van der Waals surface area contributed by atoms with Crippen LogP contribution >= 0.6 is 0 Å². The Bertz CT molecular complexity index is 169. The van der Waals surface area contributed by atoms with Gasteiger partial charge in [0.2, 0.25) is 5.91 Å². The zero-order chi connectivity index (χ0) is 9.02. The van der Waals surface area contributed by atoms with Crippen molar-refractivity contribution in [2.75, 3.05) is 13.6 Å². The predicted molar refractivity (Wildman–Crippen MR) is 38.8 cm³/mol. The van der Waals surface area contributed by atoms with E-state index in [0.29, 0.717) is 0 Å². The summed E-state index contributed by atoms with van der Waals surface area (Å²) >= 11 is 0. The Morgan fingerprint density at radius 2 is 1.91 bits per heavy atom. The Morgan fingerprint density at radius 3 is 2.00 bits per heavy atom. The van der Waals surface area contributed by atoms with Crippen molar-refractivity contribution < 1.29 is 14.7 Å². The maximum Gasteiger partial charge on any atom is 0.426 e. The van der Waals surface area contributed by atoms with Crippen molar-refractivity contribution in [2.24, 2.45) is 0 Å². The van der Waals surface area contributed by atoms with Crippen LogP contribution in [-0.4, -0.2) is 40.7 Å². The van der Waals surface area contributed by atoms with Gasteiger partial charge in [0.25, 0.3) is 0 Å². The SMILES string of the molecule is CCN(C(=O)O)N(C)C(C)=O. The lowest BCUT2D eigenvalue weighted by molar-refractivity contribution is -0.139. The summed E-state index contributed by atoms with van der Waals surface area (Å²) in [5.74, 6) is -0.297. The first kappa shape index (κ1) is 9.74. The van der Waals surface area contributed by atoms with Crippen LogP contribution in [0.2, 0.25) is 0 Å². The second-order valence-corrected chi connectivity index (χ2v) is 2.04. The van der Waals surface area contributed by atoms with Crippen LogP contribution in [0.5, 0.6) is 0 Å². The van der Waals surface area contributed by atoms with Crippen molar-refractivity contribution in [3.05, 3.63) is 0 Å². The highest BCUT2D eigenvalue weighted by atomic mass is 16.4. The number of amides is 2. The molecule has 0 saturated heterocycles. The van der Waals surface area contributed by atoms with Crippen molar-refractivity contribution in [2.45, 2.75) is 13.8 Å². The van der Waals surface area contributed by atoms with Crippen molar-refractivity contribution in [3.63, 3.8) is 0 Å². The lowest BCUT2D eigenvalue weighted by atomic mass is 10.6. The fraction of sp³-hybridized carbons (Fsp3) is 0.667. The van der Waals surface area contributed by atoms with Gasteiger partial charge in [0, 0.05) is 20.5 Å². The Morgan fingerprint density at radius 1 is 1.45 bits per heavy atom. The Labute approximate surface area is 65.2 Å². The molecule has 0 heterocycles. The van der Waals surface area contributed by atoms with Crippen LogP contribution < -0.4 is 0 Å². The van der Waals surface area contributed by atoms with Gasteiger partial charge in [0.05, 0.1) is 0 Å². The van der Waals surface area contributed by atoms with E-state index in [1.807, 2.05) is 0 Å². The van der Waals surface area contributed by atoms with Crippen LogP contribution in [0.1, 0.15) is 13.8 Å². The van der Waals surface area contributed by atoms with Gasteiger partial charge >= 0.3 is 6.09 Å². The second kappa shape index (κ2) is 3.80. The van der Waals surface area contributed by atoms with E-state index in [1.54, 1.807) is 6.92 Å². The molecule has 0 unspecified atom stereocenters. The number of hydrogen-bond acceptors (Lipinski definition) is 2. The monoisotopic (exact) mass is 160 g/mol. The van der Waals surface area contributed by atoms with Crippen molar-refractivity contribution in [1.82, 2.24) is 10.0 Å². The van der Waals surface area contributed by atoms with E-state index in [-0.39, 0.29) is 12.5 Å². The molecule has 1 N–H and O–H groups in total. The molecule has 0 aliphatic carbocycles. The van der Waals surface area contributed by atoms with Crippen molar-refractivity contribution >= 4 is 12.0 Å². The number of nitrogens with zero attached hydrogens (tertiary/aromatic N) is 2. The number of rotatable bonds is 1. The molecule has 0 rings (SSSR count). The van der Waals surface area contributed by atoms with Gasteiger partial charge in [0.15, 0.2) is 0 Å². The maximum atomic E-state index is 10.7. The molecule has 0 fully saturated rings.